The van der Waals surface area contributed by atoms with Crippen LogP contribution in [0.1, 0.15) is 64.2 Å². The topological polar surface area (TPSA) is 122 Å². The van der Waals surface area contributed by atoms with E-state index in [1.54, 1.807) is 13.4 Å². The molecule has 0 radical (unpaired) electrons. The van der Waals surface area contributed by atoms with E-state index in [9.17, 15) is 9.59 Å². The van der Waals surface area contributed by atoms with Crippen molar-refractivity contribution in [2.75, 3.05) is 20.3 Å². The zero-order chi connectivity index (χ0) is 24.8. The van der Waals surface area contributed by atoms with Crippen LogP contribution in [-0.4, -0.2) is 48.4 Å². The van der Waals surface area contributed by atoms with E-state index >= 15 is 0 Å². The molecule has 4 atom stereocenters. The van der Waals surface area contributed by atoms with Crippen LogP contribution in [-0.2, 0) is 14.3 Å². The number of methoxy groups -OCH3 is 1. The molecule has 1 aliphatic carbocycles. The van der Waals surface area contributed by atoms with Crippen LogP contribution in [0, 0.1) is 17.3 Å². The van der Waals surface area contributed by atoms with Crippen molar-refractivity contribution in [3.05, 3.63) is 48.3 Å². The number of amides is 2. The van der Waals surface area contributed by atoms with Crippen molar-refractivity contribution < 1.29 is 24.5 Å². The van der Waals surface area contributed by atoms with Crippen LogP contribution in [0.3, 0.4) is 0 Å². The van der Waals surface area contributed by atoms with Gasteiger partial charge < -0.3 is 26.0 Å². The van der Waals surface area contributed by atoms with Gasteiger partial charge in [0.2, 0.25) is 11.8 Å². The Balaban J connectivity index is 2.20. The summed E-state index contributed by atoms with van der Waals surface area (Å²) in [4.78, 5) is 25.8. The molecule has 0 aromatic rings. The summed E-state index contributed by atoms with van der Waals surface area (Å²) in [5, 5.41) is 20.9. The van der Waals surface area contributed by atoms with Crippen LogP contribution in [0.25, 0.3) is 0 Å². The SMILES string of the molecule is CO/C=C/[C@H]1[C@H]2C=C(CC/C=C\CCCCO)[C@H](NC2=O)[C@@]1(CC/C=C\CCCCO)C(N)=O. The first-order valence-corrected chi connectivity index (χ1v) is 12.5. The molecule has 2 aliphatic heterocycles. The Hall–Kier alpha value is -2.38. The van der Waals surface area contributed by atoms with Crippen molar-refractivity contribution in [2.45, 2.75) is 70.3 Å². The molecule has 3 rings (SSSR count). The molecule has 2 bridgehead atoms. The quantitative estimate of drug-likeness (QED) is 0.146. The second-order valence-corrected chi connectivity index (χ2v) is 9.16. The first-order chi connectivity index (χ1) is 16.5. The lowest BCUT2D eigenvalue weighted by molar-refractivity contribution is -0.144. The Labute approximate surface area is 203 Å². The summed E-state index contributed by atoms with van der Waals surface area (Å²) in [6, 6.07) is -0.431. The molecule has 0 saturated carbocycles. The minimum absolute atomic E-state index is 0.0736. The molecule has 1 saturated heterocycles. The van der Waals surface area contributed by atoms with Crippen molar-refractivity contribution in [3.63, 3.8) is 0 Å². The number of hydrogen-bond acceptors (Lipinski definition) is 5. The van der Waals surface area contributed by atoms with E-state index < -0.39 is 23.3 Å². The number of hydrogen-bond donors (Lipinski definition) is 4. The minimum Gasteiger partial charge on any atom is -0.505 e. The number of carbonyl (C=O) groups is 2. The van der Waals surface area contributed by atoms with Gasteiger partial charge in [0.1, 0.15) is 0 Å². The van der Waals surface area contributed by atoms with Crippen LogP contribution in [0.4, 0.5) is 0 Å². The summed E-state index contributed by atoms with van der Waals surface area (Å²) in [5.74, 6) is -1.28. The Bertz CT molecular complexity index is 773. The molecule has 0 aromatic carbocycles. The minimum atomic E-state index is -0.919. The summed E-state index contributed by atoms with van der Waals surface area (Å²) in [7, 11) is 1.55. The lowest BCUT2D eigenvalue weighted by Gasteiger charge is -2.53. The van der Waals surface area contributed by atoms with E-state index in [2.05, 4.69) is 29.6 Å². The predicted molar refractivity (Wildman–Crippen MR) is 133 cm³/mol. The Morgan fingerprint density at radius 1 is 1.06 bits per heavy atom. The fourth-order valence-electron chi connectivity index (χ4n) is 5.19. The molecule has 7 nitrogen and oxygen atoms in total. The second-order valence-electron chi connectivity index (χ2n) is 9.16. The molecule has 34 heavy (non-hydrogen) atoms. The third kappa shape index (κ3) is 7.06. The maximum absolute atomic E-state index is 13.1. The van der Waals surface area contributed by atoms with Crippen molar-refractivity contribution in [1.82, 2.24) is 5.32 Å². The summed E-state index contributed by atoms with van der Waals surface area (Å²) in [6.07, 6.45) is 21.9. The monoisotopic (exact) mass is 474 g/mol. The Kier molecular flexibility index (Phi) is 12.1. The third-order valence-corrected chi connectivity index (χ3v) is 6.95. The molecule has 7 heteroatoms. The number of nitrogens with one attached hydrogen (secondary N) is 1. The molecule has 190 valence electrons. The normalized spacial score (nSPS) is 26.5. The van der Waals surface area contributed by atoms with Gasteiger partial charge >= 0.3 is 0 Å². The standard InChI is InChI=1S/C27H42N2O5/c1-34-19-15-23-22-20-21(14-10-6-2-4-8-12-17-30)24(29-25(22)32)27(23,26(28)33)16-11-7-3-5-9-13-18-31/h2-3,6-7,15,19-20,22-24,30-31H,4-5,8-14,16-18H2,1H3,(H2,28,33)(H,29,32)/b6-2-,7-3-,19-15+/t22-,23+,24+,27+/m1/s1. The number of piperidine rings is 1. The lowest BCUT2D eigenvalue weighted by atomic mass is 9.54. The van der Waals surface area contributed by atoms with E-state index in [1.807, 2.05) is 12.2 Å². The van der Waals surface area contributed by atoms with Crippen LogP contribution in [0.5, 0.6) is 0 Å². The summed E-state index contributed by atoms with van der Waals surface area (Å²) < 4.78 is 5.14. The molecular weight excluding hydrogens is 432 g/mol. The van der Waals surface area contributed by atoms with Crippen LogP contribution in [0.2, 0.25) is 0 Å². The molecule has 2 amide bonds. The highest BCUT2D eigenvalue weighted by Gasteiger charge is 2.60. The van der Waals surface area contributed by atoms with Crippen LogP contribution in [0.15, 0.2) is 48.3 Å². The largest absolute Gasteiger partial charge is 0.505 e. The van der Waals surface area contributed by atoms with Gasteiger partial charge in [-0.2, -0.15) is 0 Å². The zero-order valence-corrected chi connectivity index (χ0v) is 20.5. The molecule has 0 spiro atoms. The van der Waals surface area contributed by atoms with E-state index in [4.69, 9.17) is 20.7 Å². The van der Waals surface area contributed by atoms with Crippen molar-refractivity contribution in [3.8, 4) is 0 Å². The average molecular weight is 475 g/mol. The van der Waals surface area contributed by atoms with Crippen LogP contribution >= 0.6 is 0 Å². The van der Waals surface area contributed by atoms with Gasteiger partial charge in [0.25, 0.3) is 0 Å². The predicted octanol–water partition coefficient (Wildman–Crippen LogP) is 3.29. The highest BCUT2D eigenvalue weighted by atomic mass is 16.5. The van der Waals surface area contributed by atoms with Gasteiger partial charge in [-0.1, -0.05) is 30.4 Å². The molecule has 5 N–H and O–H groups in total. The van der Waals surface area contributed by atoms with Gasteiger partial charge in [-0.05, 0) is 75.9 Å². The number of primary amides is 1. The highest BCUT2D eigenvalue weighted by Crippen LogP contribution is 2.52. The Morgan fingerprint density at radius 3 is 2.26 bits per heavy atom. The number of fused-ring (bicyclic) bond motifs is 2. The molecule has 3 aliphatic rings. The average Bonchev–Trinajstić information content (AvgIpc) is 2.82. The first kappa shape index (κ1) is 27.9. The maximum Gasteiger partial charge on any atom is 0.228 e. The number of allylic oxidation sites excluding steroid dienone is 5. The third-order valence-electron chi connectivity index (χ3n) is 6.95. The fraction of sp³-hybridized carbons (Fsp3) is 0.630. The summed E-state index contributed by atoms with van der Waals surface area (Å²) in [6.45, 7) is 0.414. The van der Waals surface area contributed by atoms with E-state index in [0.717, 1.165) is 56.9 Å². The van der Waals surface area contributed by atoms with Gasteiger partial charge in [0, 0.05) is 19.1 Å². The number of nitrogens with two attached hydrogens (primary N) is 1. The number of carbonyl (C=O) groups excluding carboxylic acids is 2. The summed E-state index contributed by atoms with van der Waals surface area (Å²) in [5.41, 5.74) is 6.23. The number of ether oxygens (including phenoxy) is 1. The Morgan fingerprint density at radius 2 is 1.68 bits per heavy atom. The zero-order valence-electron chi connectivity index (χ0n) is 20.5. The number of rotatable bonds is 17. The van der Waals surface area contributed by atoms with E-state index in [-0.39, 0.29) is 25.0 Å². The number of unbranched alkanes of at least 4 members (excludes halogenated alkanes) is 4. The van der Waals surface area contributed by atoms with E-state index in [1.165, 1.54) is 0 Å². The molecule has 0 unspecified atom stereocenters. The molecular formula is C27H42N2O5. The lowest BCUT2D eigenvalue weighted by Crippen LogP contribution is -2.68. The van der Waals surface area contributed by atoms with Gasteiger partial charge in [-0.25, -0.2) is 0 Å². The number of aliphatic hydroxyl groups excluding tert-OH is 2. The van der Waals surface area contributed by atoms with Gasteiger partial charge in [0.15, 0.2) is 0 Å². The van der Waals surface area contributed by atoms with Crippen LogP contribution < -0.4 is 11.1 Å². The maximum atomic E-state index is 13.1. The van der Waals surface area contributed by atoms with Crippen molar-refractivity contribution in [1.29, 1.82) is 0 Å². The van der Waals surface area contributed by atoms with Gasteiger partial charge in [0.05, 0.1) is 30.7 Å². The van der Waals surface area contributed by atoms with Crippen molar-refractivity contribution >= 4 is 11.8 Å². The fourth-order valence-corrected chi connectivity index (χ4v) is 5.19. The second kappa shape index (κ2) is 14.8. The molecule has 2 heterocycles. The highest BCUT2D eigenvalue weighted by molar-refractivity contribution is 5.92. The summed E-state index contributed by atoms with van der Waals surface area (Å²) >= 11 is 0. The molecule has 1 fully saturated rings. The first-order valence-electron chi connectivity index (χ1n) is 12.5. The van der Waals surface area contributed by atoms with Gasteiger partial charge in [-0.3, -0.25) is 9.59 Å². The smallest absolute Gasteiger partial charge is 0.228 e. The number of aliphatic hydroxyl groups is 2. The molecule has 0 aromatic heterocycles. The van der Waals surface area contributed by atoms with E-state index in [0.29, 0.717) is 12.8 Å². The van der Waals surface area contributed by atoms with Gasteiger partial charge in [-0.15, -0.1) is 0 Å². The van der Waals surface area contributed by atoms with Crippen molar-refractivity contribution in [2.24, 2.45) is 23.0 Å².